The van der Waals surface area contributed by atoms with E-state index in [1.54, 1.807) is 0 Å². The maximum Gasteiger partial charge on any atom is 0.319 e. The molecule has 24 heavy (non-hydrogen) atoms. The van der Waals surface area contributed by atoms with Crippen molar-refractivity contribution in [2.75, 3.05) is 6.61 Å². The Balaban J connectivity index is 2.09. The molecule has 1 saturated heterocycles. The van der Waals surface area contributed by atoms with E-state index in [0.717, 1.165) is 35.7 Å². The molecule has 0 aliphatic carbocycles. The van der Waals surface area contributed by atoms with Gasteiger partial charge in [-0.05, 0) is 24.1 Å². The van der Waals surface area contributed by atoms with E-state index in [1.807, 2.05) is 24.3 Å². The minimum Gasteiger partial charge on any atom is -0.465 e. The molecular weight excluding hydrogens is 372 g/mol. The van der Waals surface area contributed by atoms with Crippen LogP contribution in [0.3, 0.4) is 0 Å². The van der Waals surface area contributed by atoms with Gasteiger partial charge in [-0.25, -0.2) is 4.79 Å². The first-order valence-corrected chi connectivity index (χ1v) is 9.00. The van der Waals surface area contributed by atoms with Crippen LogP contribution < -0.4 is 10.6 Å². The van der Waals surface area contributed by atoms with Crippen molar-refractivity contribution in [2.24, 2.45) is 5.92 Å². The molecule has 1 aliphatic heterocycles. The number of carbonyl (C=O) groups excluding carboxylic acids is 2. The Labute approximate surface area is 151 Å². The van der Waals surface area contributed by atoms with E-state index in [0.29, 0.717) is 12.3 Å². The molecule has 2 amide bonds. The summed E-state index contributed by atoms with van der Waals surface area (Å²) in [5.74, 6) is -1.02. The predicted molar refractivity (Wildman–Crippen MR) is 96.3 cm³/mol. The van der Waals surface area contributed by atoms with Gasteiger partial charge in [0.25, 0.3) is 0 Å². The zero-order valence-corrected chi connectivity index (χ0v) is 15.4. The maximum atomic E-state index is 12.5. The molecule has 0 spiro atoms. The topological polar surface area (TPSA) is 67.4 Å². The van der Waals surface area contributed by atoms with E-state index in [4.69, 9.17) is 4.74 Å². The Morgan fingerprint density at radius 2 is 2.12 bits per heavy atom. The molecule has 6 heteroatoms. The highest BCUT2D eigenvalue weighted by molar-refractivity contribution is 9.10. The van der Waals surface area contributed by atoms with Crippen LogP contribution in [0.2, 0.25) is 0 Å². The fourth-order valence-corrected chi connectivity index (χ4v) is 3.15. The van der Waals surface area contributed by atoms with Crippen LogP contribution in [0, 0.1) is 5.92 Å². The highest BCUT2D eigenvalue weighted by Gasteiger charge is 2.38. The van der Waals surface area contributed by atoms with Crippen molar-refractivity contribution < 1.29 is 14.3 Å². The van der Waals surface area contributed by atoms with Gasteiger partial charge < -0.3 is 15.4 Å². The number of nitrogens with one attached hydrogen (secondary N) is 2. The smallest absolute Gasteiger partial charge is 0.319 e. The van der Waals surface area contributed by atoms with Gasteiger partial charge in [0, 0.05) is 10.2 Å². The summed E-state index contributed by atoms with van der Waals surface area (Å²) in [4.78, 5) is 24.3. The number of ether oxygens (including phenoxy) is 1. The molecule has 1 heterocycles. The Morgan fingerprint density at radius 3 is 2.83 bits per heavy atom. The highest BCUT2D eigenvalue weighted by Crippen LogP contribution is 2.31. The number of urea groups is 1. The van der Waals surface area contributed by atoms with Crippen LogP contribution in [0.25, 0.3) is 0 Å². The normalized spacial score (nSPS) is 20.2. The van der Waals surface area contributed by atoms with E-state index in [1.165, 1.54) is 0 Å². The lowest BCUT2D eigenvalue weighted by Gasteiger charge is -2.33. The van der Waals surface area contributed by atoms with Gasteiger partial charge in [0.1, 0.15) is 5.92 Å². The number of hydrogen-bond donors (Lipinski definition) is 2. The van der Waals surface area contributed by atoms with Crippen molar-refractivity contribution in [1.82, 2.24) is 10.6 Å². The molecule has 1 aliphatic rings. The van der Waals surface area contributed by atoms with Gasteiger partial charge in [0.05, 0.1) is 12.6 Å². The molecule has 0 bridgehead atoms. The van der Waals surface area contributed by atoms with Crippen molar-refractivity contribution in [3.05, 3.63) is 46.6 Å². The third-order valence-electron chi connectivity index (χ3n) is 3.97. The summed E-state index contributed by atoms with van der Waals surface area (Å²) < 4.78 is 6.29. The first kappa shape index (κ1) is 18.5. The second-order valence-corrected chi connectivity index (χ2v) is 6.78. The molecular formula is C18H23BrN2O3. The number of unbranched alkanes of at least 4 members (excludes halogenated alkanes) is 3. The van der Waals surface area contributed by atoms with Gasteiger partial charge in [-0.3, -0.25) is 4.79 Å². The van der Waals surface area contributed by atoms with Gasteiger partial charge in [-0.1, -0.05) is 60.8 Å². The monoisotopic (exact) mass is 394 g/mol. The van der Waals surface area contributed by atoms with Crippen LogP contribution in [-0.2, 0) is 9.53 Å². The van der Waals surface area contributed by atoms with E-state index in [-0.39, 0.29) is 12.0 Å². The Kier molecular flexibility index (Phi) is 6.85. The SMILES string of the molecule is C=C1NC(=O)N[C@H](c2cccc(Br)c2)[C@H]1C(=O)OCCCCCC. The maximum absolute atomic E-state index is 12.5. The van der Waals surface area contributed by atoms with E-state index in [2.05, 4.69) is 40.1 Å². The third kappa shape index (κ3) is 4.84. The molecule has 1 aromatic rings. The van der Waals surface area contributed by atoms with Crippen LogP contribution >= 0.6 is 15.9 Å². The lowest BCUT2D eigenvalue weighted by Crippen LogP contribution is -2.51. The fraction of sp³-hybridized carbons (Fsp3) is 0.444. The second-order valence-electron chi connectivity index (χ2n) is 5.86. The number of benzene rings is 1. The average Bonchev–Trinajstić information content (AvgIpc) is 2.53. The highest BCUT2D eigenvalue weighted by atomic mass is 79.9. The van der Waals surface area contributed by atoms with Crippen molar-refractivity contribution >= 4 is 27.9 Å². The summed E-state index contributed by atoms with van der Waals surface area (Å²) in [6.45, 7) is 6.36. The minimum atomic E-state index is -0.650. The first-order chi connectivity index (χ1) is 11.5. The molecule has 1 fully saturated rings. The quantitative estimate of drug-likeness (QED) is 0.541. The predicted octanol–water partition coefficient (Wildman–Crippen LogP) is 4.06. The molecule has 0 radical (unpaired) electrons. The number of rotatable bonds is 7. The van der Waals surface area contributed by atoms with Gasteiger partial charge in [-0.2, -0.15) is 0 Å². The average molecular weight is 395 g/mol. The lowest BCUT2D eigenvalue weighted by molar-refractivity contribution is -0.148. The lowest BCUT2D eigenvalue weighted by atomic mass is 9.89. The summed E-state index contributed by atoms with van der Waals surface area (Å²) in [6.07, 6.45) is 4.15. The van der Waals surface area contributed by atoms with Gasteiger partial charge in [0.15, 0.2) is 0 Å². The summed E-state index contributed by atoms with van der Waals surface area (Å²) in [7, 11) is 0. The van der Waals surface area contributed by atoms with Crippen LogP contribution in [0.15, 0.2) is 41.0 Å². The van der Waals surface area contributed by atoms with Crippen molar-refractivity contribution in [3.63, 3.8) is 0 Å². The molecule has 2 atom stereocenters. The molecule has 2 rings (SSSR count). The summed E-state index contributed by atoms with van der Waals surface area (Å²) in [6, 6.07) is 6.65. The van der Waals surface area contributed by atoms with Crippen LogP contribution in [0.1, 0.15) is 44.2 Å². The Morgan fingerprint density at radius 1 is 1.33 bits per heavy atom. The molecule has 0 unspecified atom stereocenters. The number of amides is 2. The largest absolute Gasteiger partial charge is 0.465 e. The van der Waals surface area contributed by atoms with Gasteiger partial charge in [-0.15, -0.1) is 0 Å². The van der Waals surface area contributed by atoms with Crippen LogP contribution in [0.5, 0.6) is 0 Å². The molecule has 2 N–H and O–H groups in total. The Hall–Kier alpha value is -1.82. The van der Waals surface area contributed by atoms with Crippen molar-refractivity contribution in [2.45, 2.75) is 38.6 Å². The van der Waals surface area contributed by atoms with Crippen molar-refractivity contribution in [1.29, 1.82) is 0 Å². The zero-order valence-electron chi connectivity index (χ0n) is 13.8. The fourth-order valence-electron chi connectivity index (χ4n) is 2.73. The minimum absolute atomic E-state index is 0.363. The number of hydrogen-bond acceptors (Lipinski definition) is 3. The van der Waals surface area contributed by atoms with E-state index >= 15 is 0 Å². The molecule has 0 aromatic heterocycles. The van der Waals surface area contributed by atoms with Gasteiger partial charge >= 0.3 is 12.0 Å². The van der Waals surface area contributed by atoms with E-state index < -0.39 is 12.0 Å². The van der Waals surface area contributed by atoms with Crippen molar-refractivity contribution in [3.8, 4) is 0 Å². The summed E-state index contributed by atoms with van der Waals surface area (Å²) in [5.41, 5.74) is 1.19. The first-order valence-electron chi connectivity index (χ1n) is 8.21. The van der Waals surface area contributed by atoms with Crippen LogP contribution in [-0.4, -0.2) is 18.6 Å². The molecule has 5 nitrogen and oxygen atoms in total. The summed E-state index contributed by atoms with van der Waals surface area (Å²) >= 11 is 3.42. The number of esters is 1. The van der Waals surface area contributed by atoms with E-state index in [9.17, 15) is 9.59 Å². The summed E-state index contributed by atoms with van der Waals surface area (Å²) in [5, 5.41) is 5.38. The third-order valence-corrected chi connectivity index (χ3v) is 4.47. The second kappa shape index (κ2) is 8.87. The zero-order chi connectivity index (χ0) is 17.5. The molecule has 130 valence electrons. The Bertz CT molecular complexity index is 618. The van der Waals surface area contributed by atoms with Crippen LogP contribution in [0.4, 0.5) is 4.79 Å². The number of carbonyl (C=O) groups is 2. The molecule has 0 saturated carbocycles. The van der Waals surface area contributed by atoms with Gasteiger partial charge in [0.2, 0.25) is 0 Å². The number of halogens is 1. The molecule has 1 aromatic carbocycles. The standard InChI is InChI=1S/C18H23BrN2O3/c1-3-4-5-6-10-24-17(22)15-12(2)20-18(23)21-16(15)13-8-7-9-14(19)11-13/h7-9,11,15-16H,2-6,10H2,1H3,(H2,20,21,23)/t15-,16+/m0/s1.